The normalized spacial score (nSPS) is 11.2. The van der Waals surface area contributed by atoms with Crippen LogP contribution in [0.4, 0.5) is 5.69 Å². The van der Waals surface area contributed by atoms with Crippen molar-refractivity contribution in [3.63, 3.8) is 0 Å². The lowest BCUT2D eigenvalue weighted by Gasteiger charge is -1.98. The van der Waals surface area contributed by atoms with Crippen LogP contribution in [-0.2, 0) is 0 Å². The lowest BCUT2D eigenvalue weighted by molar-refractivity contribution is 0.415. The monoisotopic (exact) mass is 251 g/mol. The van der Waals surface area contributed by atoms with E-state index >= 15 is 0 Å². The summed E-state index contributed by atoms with van der Waals surface area (Å²) in [7, 11) is 1.64. The minimum absolute atomic E-state index is 0.796. The van der Waals surface area contributed by atoms with E-state index in [2.05, 4.69) is 10.1 Å². The molecule has 0 N–H and O–H groups in total. The summed E-state index contributed by atoms with van der Waals surface area (Å²) in [5, 5.41) is 4.41. The summed E-state index contributed by atoms with van der Waals surface area (Å²) in [6.07, 6.45) is 3.67. The highest BCUT2D eigenvalue weighted by molar-refractivity contribution is 5.81. The first-order valence-corrected chi connectivity index (χ1v) is 5.98. The summed E-state index contributed by atoms with van der Waals surface area (Å²) in [6.45, 7) is 0. The number of hydrogen-bond acceptors (Lipinski definition) is 3. The van der Waals surface area contributed by atoms with Crippen molar-refractivity contribution in [2.24, 2.45) is 4.99 Å². The van der Waals surface area contributed by atoms with E-state index in [1.807, 2.05) is 59.2 Å². The van der Waals surface area contributed by atoms with Gasteiger partial charge in [0.15, 0.2) is 0 Å². The molecule has 0 atom stereocenters. The second-order valence-corrected chi connectivity index (χ2v) is 4.10. The summed E-state index contributed by atoms with van der Waals surface area (Å²) in [5.41, 5.74) is 2.72. The van der Waals surface area contributed by atoms with E-state index in [-0.39, 0.29) is 0 Å². The van der Waals surface area contributed by atoms with Crippen LogP contribution in [0.1, 0.15) is 5.69 Å². The van der Waals surface area contributed by atoms with Crippen LogP contribution in [0.5, 0.6) is 5.75 Å². The first kappa shape index (κ1) is 11.5. The Labute approximate surface area is 111 Å². The summed E-state index contributed by atoms with van der Waals surface area (Å²) < 4.78 is 6.99. The molecule has 2 aromatic heterocycles. The quantitative estimate of drug-likeness (QED) is 0.671. The van der Waals surface area contributed by atoms with Crippen molar-refractivity contribution < 1.29 is 4.74 Å². The Hall–Kier alpha value is -2.62. The Balaban J connectivity index is 1.88. The van der Waals surface area contributed by atoms with Crippen molar-refractivity contribution in [1.29, 1.82) is 0 Å². The Morgan fingerprint density at radius 3 is 2.95 bits per heavy atom. The van der Waals surface area contributed by atoms with Gasteiger partial charge in [0.05, 0.1) is 24.5 Å². The number of aliphatic imine (C=N–C) groups is 1. The number of rotatable bonds is 3. The molecule has 0 bridgehead atoms. The molecular weight excluding hydrogens is 238 g/mol. The van der Waals surface area contributed by atoms with Gasteiger partial charge >= 0.3 is 0 Å². The third-order valence-electron chi connectivity index (χ3n) is 2.79. The summed E-state index contributed by atoms with van der Waals surface area (Å²) in [4.78, 5) is 4.40. The van der Waals surface area contributed by atoms with E-state index in [9.17, 15) is 0 Å². The summed E-state index contributed by atoms with van der Waals surface area (Å²) in [6, 6.07) is 15.5. The number of aromatic nitrogens is 2. The van der Waals surface area contributed by atoms with Gasteiger partial charge in [0.1, 0.15) is 11.4 Å². The smallest absolute Gasteiger partial charge is 0.121 e. The number of nitrogens with zero attached hydrogens (tertiary/aromatic N) is 3. The van der Waals surface area contributed by atoms with Crippen LogP contribution < -0.4 is 4.74 Å². The number of hydrogen-bond donors (Lipinski definition) is 0. The largest absolute Gasteiger partial charge is 0.497 e. The van der Waals surface area contributed by atoms with Crippen LogP contribution in [-0.4, -0.2) is 22.9 Å². The topological polar surface area (TPSA) is 38.9 Å². The molecule has 2 heterocycles. The van der Waals surface area contributed by atoms with Crippen LogP contribution >= 0.6 is 0 Å². The van der Waals surface area contributed by atoms with Crippen LogP contribution in [0.15, 0.2) is 59.7 Å². The van der Waals surface area contributed by atoms with Crippen LogP contribution in [0, 0.1) is 0 Å². The molecule has 0 fully saturated rings. The van der Waals surface area contributed by atoms with Gasteiger partial charge in [0.2, 0.25) is 0 Å². The lowest BCUT2D eigenvalue weighted by Crippen LogP contribution is -1.86. The maximum absolute atomic E-state index is 5.16. The Bertz CT molecular complexity index is 698. The molecule has 0 saturated carbocycles. The molecule has 0 spiro atoms. The van der Waals surface area contributed by atoms with E-state index in [1.54, 1.807) is 13.3 Å². The van der Waals surface area contributed by atoms with Crippen molar-refractivity contribution >= 4 is 17.4 Å². The summed E-state index contributed by atoms with van der Waals surface area (Å²) >= 11 is 0. The maximum Gasteiger partial charge on any atom is 0.121 e. The van der Waals surface area contributed by atoms with Gasteiger partial charge in [-0.2, -0.15) is 5.10 Å². The fraction of sp³-hybridized carbons (Fsp3) is 0.0667. The molecule has 0 saturated heterocycles. The molecule has 4 nitrogen and oxygen atoms in total. The van der Waals surface area contributed by atoms with Gasteiger partial charge in [0, 0.05) is 12.3 Å². The molecule has 0 aliphatic rings. The zero-order valence-corrected chi connectivity index (χ0v) is 10.5. The fourth-order valence-electron chi connectivity index (χ4n) is 1.85. The van der Waals surface area contributed by atoms with Gasteiger partial charge in [-0.1, -0.05) is 12.1 Å². The molecule has 1 aromatic carbocycles. The molecule has 0 aliphatic carbocycles. The lowest BCUT2D eigenvalue weighted by atomic mass is 10.3. The number of fused-ring (bicyclic) bond motifs is 1. The third-order valence-corrected chi connectivity index (χ3v) is 2.79. The van der Waals surface area contributed by atoms with Gasteiger partial charge in [0.25, 0.3) is 0 Å². The number of benzene rings is 1. The predicted octanol–water partition coefficient (Wildman–Crippen LogP) is 3.09. The van der Waals surface area contributed by atoms with E-state index < -0.39 is 0 Å². The number of methoxy groups -OCH3 is 1. The Morgan fingerprint density at radius 2 is 2.11 bits per heavy atom. The number of pyridine rings is 1. The molecule has 0 unspecified atom stereocenters. The van der Waals surface area contributed by atoms with Crippen molar-refractivity contribution in [1.82, 2.24) is 9.61 Å². The third kappa shape index (κ3) is 2.47. The molecule has 0 radical (unpaired) electrons. The van der Waals surface area contributed by atoms with Crippen LogP contribution in [0.2, 0.25) is 0 Å². The highest BCUT2D eigenvalue weighted by atomic mass is 16.5. The molecule has 4 heteroatoms. The summed E-state index contributed by atoms with van der Waals surface area (Å²) in [5.74, 6) is 0.796. The van der Waals surface area contributed by atoms with Gasteiger partial charge in [-0.3, -0.25) is 4.99 Å². The molecule has 0 aliphatic heterocycles. The minimum Gasteiger partial charge on any atom is -0.497 e. The first-order valence-electron chi connectivity index (χ1n) is 5.98. The van der Waals surface area contributed by atoms with Gasteiger partial charge in [-0.05, 0) is 30.3 Å². The van der Waals surface area contributed by atoms with E-state index in [0.29, 0.717) is 0 Å². The standard InChI is InChI=1S/C15H13N3O/c1-19-15-7-4-5-12(10-15)16-11-13-9-14-6-2-3-8-18(14)17-13/h2-11H,1H3/b16-11+. The molecule has 0 amide bonds. The van der Waals surface area contributed by atoms with E-state index in [4.69, 9.17) is 4.74 Å². The highest BCUT2D eigenvalue weighted by Gasteiger charge is 1.98. The Morgan fingerprint density at radius 1 is 1.16 bits per heavy atom. The molecule has 94 valence electrons. The van der Waals surface area contributed by atoms with Crippen LogP contribution in [0.25, 0.3) is 5.52 Å². The zero-order valence-electron chi connectivity index (χ0n) is 10.5. The second-order valence-electron chi connectivity index (χ2n) is 4.10. The minimum atomic E-state index is 0.796. The first-order chi connectivity index (χ1) is 9.35. The number of ether oxygens (including phenoxy) is 1. The predicted molar refractivity (Wildman–Crippen MR) is 75.4 cm³/mol. The van der Waals surface area contributed by atoms with Gasteiger partial charge in [-0.25, -0.2) is 4.52 Å². The molecular formula is C15H13N3O. The zero-order chi connectivity index (χ0) is 13.1. The molecule has 19 heavy (non-hydrogen) atoms. The van der Waals surface area contributed by atoms with Crippen LogP contribution in [0.3, 0.4) is 0 Å². The van der Waals surface area contributed by atoms with Crippen molar-refractivity contribution in [2.45, 2.75) is 0 Å². The second kappa shape index (κ2) is 4.94. The molecule has 3 rings (SSSR count). The van der Waals surface area contributed by atoms with Crippen molar-refractivity contribution in [2.75, 3.05) is 7.11 Å². The van der Waals surface area contributed by atoms with Crippen molar-refractivity contribution in [3.8, 4) is 5.75 Å². The van der Waals surface area contributed by atoms with E-state index in [1.165, 1.54) is 0 Å². The highest BCUT2D eigenvalue weighted by Crippen LogP contribution is 2.19. The van der Waals surface area contributed by atoms with Gasteiger partial charge in [-0.15, -0.1) is 0 Å². The Kier molecular flexibility index (Phi) is 2.98. The molecule has 3 aromatic rings. The average molecular weight is 251 g/mol. The average Bonchev–Trinajstić information content (AvgIpc) is 2.88. The van der Waals surface area contributed by atoms with E-state index in [0.717, 1.165) is 22.6 Å². The maximum atomic E-state index is 5.16. The van der Waals surface area contributed by atoms with Crippen molar-refractivity contribution in [3.05, 3.63) is 60.4 Å². The van der Waals surface area contributed by atoms with Gasteiger partial charge < -0.3 is 4.74 Å². The fourth-order valence-corrected chi connectivity index (χ4v) is 1.85. The SMILES string of the molecule is COc1cccc(/N=C/c2cc3ccccn3n2)c1.